The molecule has 0 aromatic heterocycles. The fourth-order valence-corrected chi connectivity index (χ4v) is 3.55. The Morgan fingerprint density at radius 2 is 1.41 bits per heavy atom. The molecule has 22 heavy (non-hydrogen) atoms. The molecular formula is C20H26O2. The van der Waals surface area contributed by atoms with Gasteiger partial charge in [0.2, 0.25) is 0 Å². The normalized spacial score (nSPS) is 13.0. The van der Waals surface area contributed by atoms with Crippen LogP contribution in [0, 0.1) is 5.92 Å². The van der Waals surface area contributed by atoms with E-state index in [0.29, 0.717) is 5.92 Å². The third-order valence-electron chi connectivity index (χ3n) is 4.84. The second-order valence-electron chi connectivity index (χ2n) is 6.20. The third kappa shape index (κ3) is 3.11. The summed E-state index contributed by atoms with van der Waals surface area (Å²) in [6.45, 7) is 6.64. The van der Waals surface area contributed by atoms with Gasteiger partial charge >= 0.3 is 0 Å². The summed E-state index contributed by atoms with van der Waals surface area (Å²) in [6.07, 6.45) is 3.28. The molecule has 0 bridgehead atoms. The molecule has 0 amide bonds. The first-order chi connectivity index (χ1) is 10.5. The molecule has 0 saturated carbocycles. The van der Waals surface area contributed by atoms with Crippen LogP contribution in [0.2, 0.25) is 0 Å². The molecule has 2 aromatic rings. The lowest BCUT2D eigenvalue weighted by Crippen LogP contribution is -2.33. The van der Waals surface area contributed by atoms with E-state index in [-0.39, 0.29) is 16.9 Å². The number of phenols is 2. The second-order valence-corrected chi connectivity index (χ2v) is 6.20. The third-order valence-corrected chi connectivity index (χ3v) is 4.84. The molecule has 2 aromatic carbocycles. The topological polar surface area (TPSA) is 40.5 Å². The summed E-state index contributed by atoms with van der Waals surface area (Å²) in [4.78, 5) is 0. The van der Waals surface area contributed by atoms with E-state index in [4.69, 9.17) is 0 Å². The maximum atomic E-state index is 9.91. The fraction of sp³-hybridized carbons (Fsp3) is 0.400. The number of phenolic OH excluding ortho intramolecular Hbond substituents is 2. The van der Waals surface area contributed by atoms with Gasteiger partial charge in [-0.1, -0.05) is 57.9 Å². The summed E-state index contributed by atoms with van der Waals surface area (Å²) < 4.78 is 0. The number of aromatic hydroxyl groups is 2. The van der Waals surface area contributed by atoms with Gasteiger partial charge in [-0.05, 0) is 47.7 Å². The van der Waals surface area contributed by atoms with E-state index in [2.05, 4.69) is 32.9 Å². The van der Waals surface area contributed by atoms with Crippen LogP contribution in [0.3, 0.4) is 0 Å². The largest absolute Gasteiger partial charge is 0.508 e. The summed E-state index contributed by atoms with van der Waals surface area (Å²) in [5.74, 6) is 1.02. The summed E-state index contributed by atoms with van der Waals surface area (Å²) in [5, 5.41) is 19.8. The fourth-order valence-electron chi connectivity index (χ4n) is 3.55. The van der Waals surface area contributed by atoms with Gasteiger partial charge in [-0.2, -0.15) is 0 Å². The summed E-state index contributed by atoms with van der Waals surface area (Å²) >= 11 is 0. The monoisotopic (exact) mass is 298 g/mol. The average Bonchev–Trinajstić information content (AvgIpc) is 2.52. The molecule has 0 aliphatic heterocycles. The summed E-state index contributed by atoms with van der Waals surface area (Å²) in [7, 11) is 0. The first-order valence-electron chi connectivity index (χ1n) is 8.11. The van der Waals surface area contributed by atoms with Gasteiger partial charge in [-0.25, -0.2) is 0 Å². The highest BCUT2D eigenvalue weighted by Gasteiger charge is 2.36. The van der Waals surface area contributed by atoms with Crippen molar-refractivity contribution in [2.45, 2.75) is 45.4 Å². The van der Waals surface area contributed by atoms with Crippen LogP contribution in [-0.2, 0) is 5.41 Å². The van der Waals surface area contributed by atoms with Gasteiger partial charge in [0.1, 0.15) is 11.5 Å². The van der Waals surface area contributed by atoms with Crippen LogP contribution in [0.25, 0.3) is 0 Å². The van der Waals surface area contributed by atoms with Crippen molar-refractivity contribution in [1.29, 1.82) is 0 Å². The van der Waals surface area contributed by atoms with Crippen LogP contribution in [0.4, 0.5) is 0 Å². The predicted octanol–water partition coefficient (Wildman–Crippen LogP) is 5.23. The molecule has 2 rings (SSSR count). The molecule has 0 fully saturated rings. The molecule has 2 heteroatoms. The predicted molar refractivity (Wildman–Crippen MR) is 91.4 cm³/mol. The zero-order valence-corrected chi connectivity index (χ0v) is 13.7. The van der Waals surface area contributed by atoms with Crippen molar-refractivity contribution in [3.05, 3.63) is 59.7 Å². The Labute approximate surface area is 133 Å². The lowest BCUT2D eigenvalue weighted by molar-refractivity contribution is 0.309. The van der Waals surface area contributed by atoms with Crippen LogP contribution < -0.4 is 0 Å². The molecule has 0 saturated heterocycles. The van der Waals surface area contributed by atoms with E-state index in [0.717, 1.165) is 30.4 Å². The molecule has 0 heterocycles. The van der Waals surface area contributed by atoms with Gasteiger partial charge in [0.05, 0.1) is 0 Å². The van der Waals surface area contributed by atoms with Crippen molar-refractivity contribution in [3.63, 3.8) is 0 Å². The smallest absolute Gasteiger partial charge is 0.115 e. The molecular weight excluding hydrogens is 272 g/mol. The van der Waals surface area contributed by atoms with Crippen LogP contribution >= 0.6 is 0 Å². The lowest BCUT2D eigenvalue weighted by atomic mass is 9.65. The van der Waals surface area contributed by atoms with Crippen molar-refractivity contribution in [2.24, 2.45) is 5.92 Å². The second kappa shape index (κ2) is 6.87. The van der Waals surface area contributed by atoms with E-state index in [1.807, 2.05) is 24.3 Å². The SMILES string of the molecule is CCCC(CC)C(C)(c1cccc(O)c1)c1cccc(O)c1. The number of benzene rings is 2. The molecule has 2 N–H and O–H groups in total. The molecule has 0 spiro atoms. The Morgan fingerprint density at radius 3 is 1.77 bits per heavy atom. The summed E-state index contributed by atoms with van der Waals surface area (Å²) in [6, 6.07) is 15.0. The highest BCUT2D eigenvalue weighted by atomic mass is 16.3. The van der Waals surface area contributed by atoms with Crippen molar-refractivity contribution < 1.29 is 10.2 Å². The van der Waals surface area contributed by atoms with Crippen molar-refractivity contribution in [1.82, 2.24) is 0 Å². The van der Waals surface area contributed by atoms with Crippen molar-refractivity contribution in [2.75, 3.05) is 0 Å². The number of hydrogen-bond donors (Lipinski definition) is 2. The van der Waals surface area contributed by atoms with Gasteiger partial charge in [0.15, 0.2) is 0 Å². The van der Waals surface area contributed by atoms with Gasteiger partial charge in [-0.3, -0.25) is 0 Å². The zero-order valence-electron chi connectivity index (χ0n) is 13.7. The number of hydrogen-bond acceptors (Lipinski definition) is 2. The van der Waals surface area contributed by atoms with E-state index in [1.165, 1.54) is 0 Å². The first kappa shape index (κ1) is 16.4. The van der Waals surface area contributed by atoms with Crippen LogP contribution in [0.15, 0.2) is 48.5 Å². The van der Waals surface area contributed by atoms with Gasteiger partial charge in [0, 0.05) is 5.41 Å². The molecule has 1 atom stereocenters. The Hall–Kier alpha value is -1.96. The van der Waals surface area contributed by atoms with Gasteiger partial charge in [-0.15, -0.1) is 0 Å². The lowest BCUT2D eigenvalue weighted by Gasteiger charge is -2.39. The first-order valence-corrected chi connectivity index (χ1v) is 8.11. The zero-order chi connectivity index (χ0) is 16.2. The van der Waals surface area contributed by atoms with E-state index < -0.39 is 0 Å². The highest BCUT2D eigenvalue weighted by molar-refractivity contribution is 5.44. The molecule has 0 aliphatic rings. The van der Waals surface area contributed by atoms with Gasteiger partial charge in [0.25, 0.3) is 0 Å². The minimum Gasteiger partial charge on any atom is -0.508 e. The van der Waals surface area contributed by atoms with E-state index in [9.17, 15) is 10.2 Å². The Morgan fingerprint density at radius 1 is 0.909 bits per heavy atom. The Balaban J connectivity index is 2.62. The standard InChI is InChI=1S/C20H26O2/c1-4-8-15(5-2)20(3,16-9-6-11-18(21)13-16)17-10-7-12-19(22)14-17/h6-7,9-15,21-22H,4-5,8H2,1-3H3. The molecule has 0 radical (unpaired) electrons. The van der Waals surface area contributed by atoms with Crippen molar-refractivity contribution >= 4 is 0 Å². The van der Waals surface area contributed by atoms with Crippen LogP contribution in [-0.4, -0.2) is 10.2 Å². The highest BCUT2D eigenvalue weighted by Crippen LogP contribution is 2.44. The maximum Gasteiger partial charge on any atom is 0.115 e. The molecule has 118 valence electrons. The number of rotatable bonds is 6. The van der Waals surface area contributed by atoms with Crippen molar-refractivity contribution in [3.8, 4) is 11.5 Å². The maximum absolute atomic E-state index is 9.91. The molecule has 1 unspecified atom stereocenters. The quantitative estimate of drug-likeness (QED) is 0.766. The van der Waals surface area contributed by atoms with Crippen LogP contribution in [0.5, 0.6) is 11.5 Å². The molecule has 0 aliphatic carbocycles. The van der Waals surface area contributed by atoms with Gasteiger partial charge < -0.3 is 10.2 Å². The minimum atomic E-state index is -0.234. The van der Waals surface area contributed by atoms with Crippen LogP contribution in [0.1, 0.15) is 51.2 Å². The Kier molecular flexibility index (Phi) is 5.12. The van der Waals surface area contributed by atoms with E-state index in [1.54, 1.807) is 12.1 Å². The van der Waals surface area contributed by atoms with E-state index >= 15 is 0 Å². The summed E-state index contributed by atoms with van der Waals surface area (Å²) in [5.41, 5.74) is 1.96. The minimum absolute atomic E-state index is 0.234. The molecule has 2 nitrogen and oxygen atoms in total. The Bertz CT molecular complexity index is 573. The average molecular weight is 298 g/mol.